The first-order valence-corrected chi connectivity index (χ1v) is 5.42. The highest BCUT2D eigenvalue weighted by Crippen LogP contribution is 2.10. The van der Waals surface area contributed by atoms with Crippen LogP contribution in [0.5, 0.6) is 0 Å². The maximum absolute atomic E-state index is 4.28. The van der Waals surface area contributed by atoms with Crippen LogP contribution >= 0.6 is 0 Å². The molecule has 1 heterocycles. The monoisotopic (exact) mass is 207 g/mol. The zero-order valence-electron chi connectivity index (χ0n) is 10.1. The van der Waals surface area contributed by atoms with Gasteiger partial charge in [0.25, 0.3) is 0 Å². The summed E-state index contributed by atoms with van der Waals surface area (Å²) in [7, 11) is 4.19. The third-order valence-electron chi connectivity index (χ3n) is 2.36. The van der Waals surface area contributed by atoms with Crippen LogP contribution in [0.3, 0.4) is 0 Å². The lowest BCUT2D eigenvalue weighted by Gasteiger charge is -2.26. The fourth-order valence-corrected chi connectivity index (χ4v) is 1.45. The van der Waals surface area contributed by atoms with Gasteiger partial charge in [0, 0.05) is 18.8 Å². The van der Waals surface area contributed by atoms with Crippen LogP contribution in [0, 0.1) is 5.92 Å². The van der Waals surface area contributed by atoms with Crippen LogP contribution in [-0.2, 0) is 0 Å². The normalized spacial score (nSPS) is 13.2. The number of likely N-dealkylation sites (N-methyl/N-ethyl adjacent to an activating group) is 1. The second-order valence-electron chi connectivity index (χ2n) is 4.47. The van der Waals surface area contributed by atoms with Crippen molar-refractivity contribution in [2.45, 2.75) is 19.9 Å². The molecular weight excluding hydrogens is 186 g/mol. The Morgan fingerprint density at radius 3 is 2.53 bits per heavy atom. The van der Waals surface area contributed by atoms with E-state index in [1.165, 1.54) is 0 Å². The van der Waals surface area contributed by atoms with E-state index in [0.717, 1.165) is 12.4 Å². The molecule has 84 valence electrons. The largest absolute Gasteiger partial charge is 0.366 e. The van der Waals surface area contributed by atoms with E-state index in [0.29, 0.717) is 12.0 Å². The lowest BCUT2D eigenvalue weighted by atomic mass is 10.0. The highest BCUT2D eigenvalue weighted by atomic mass is 15.1. The van der Waals surface area contributed by atoms with Crippen molar-refractivity contribution in [1.82, 2.24) is 9.88 Å². The number of anilines is 1. The van der Waals surface area contributed by atoms with E-state index in [9.17, 15) is 0 Å². The summed E-state index contributed by atoms with van der Waals surface area (Å²) in [5, 5.41) is 3.46. The molecular formula is C12H21N3. The molecule has 0 aliphatic heterocycles. The van der Waals surface area contributed by atoms with Gasteiger partial charge in [0.15, 0.2) is 0 Å². The molecule has 0 radical (unpaired) electrons. The van der Waals surface area contributed by atoms with Crippen molar-refractivity contribution in [3.05, 3.63) is 24.4 Å². The van der Waals surface area contributed by atoms with Crippen LogP contribution in [0.1, 0.15) is 13.8 Å². The summed E-state index contributed by atoms with van der Waals surface area (Å²) in [6.07, 6.45) is 1.81. The predicted molar refractivity (Wildman–Crippen MR) is 65.0 cm³/mol. The maximum atomic E-state index is 4.28. The number of nitrogens with one attached hydrogen (secondary N) is 1. The summed E-state index contributed by atoms with van der Waals surface area (Å²) in [6.45, 7) is 5.47. The molecule has 0 aromatic carbocycles. The minimum atomic E-state index is 0.440. The van der Waals surface area contributed by atoms with Crippen molar-refractivity contribution in [3.8, 4) is 0 Å². The van der Waals surface area contributed by atoms with Crippen LogP contribution in [0.4, 0.5) is 5.82 Å². The summed E-state index contributed by atoms with van der Waals surface area (Å²) in [4.78, 5) is 6.47. The molecule has 1 aromatic heterocycles. The number of hydrogen-bond acceptors (Lipinski definition) is 3. The van der Waals surface area contributed by atoms with E-state index in [-0.39, 0.29) is 0 Å². The lowest BCUT2D eigenvalue weighted by Crippen LogP contribution is -2.36. The average molecular weight is 207 g/mol. The summed E-state index contributed by atoms with van der Waals surface area (Å²) < 4.78 is 0. The van der Waals surface area contributed by atoms with E-state index in [1.54, 1.807) is 0 Å². The number of pyridine rings is 1. The molecule has 0 bridgehead atoms. The van der Waals surface area contributed by atoms with Crippen molar-refractivity contribution < 1.29 is 0 Å². The summed E-state index contributed by atoms with van der Waals surface area (Å²) in [5.41, 5.74) is 0. The smallest absolute Gasteiger partial charge is 0.126 e. The maximum Gasteiger partial charge on any atom is 0.126 e. The fourth-order valence-electron chi connectivity index (χ4n) is 1.45. The van der Waals surface area contributed by atoms with E-state index in [4.69, 9.17) is 0 Å². The van der Waals surface area contributed by atoms with Gasteiger partial charge in [0.2, 0.25) is 0 Å². The lowest BCUT2D eigenvalue weighted by molar-refractivity contribution is 0.344. The van der Waals surface area contributed by atoms with E-state index < -0.39 is 0 Å². The van der Waals surface area contributed by atoms with Gasteiger partial charge in [-0.15, -0.1) is 0 Å². The van der Waals surface area contributed by atoms with Crippen molar-refractivity contribution >= 4 is 5.82 Å². The Morgan fingerprint density at radius 1 is 1.33 bits per heavy atom. The van der Waals surface area contributed by atoms with Crippen LogP contribution in [0.25, 0.3) is 0 Å². The second-order valence-corrected chi connectivity index (χ2v) is 4.47. The topological polar surface area (TPSA) is 28.2 Å². The van der Waals surface area contributed by atoms with Crippen molar-refractivity contribution in [1.29, 1.82) is 0 Å². The van der Waals surface area contributed by atoms with Crippen molar-refractivity contribution in [2.75, 3.05) is 26.0 Å². The van der Waals surface area contributed by atoms with Gasteiger partial charge in [-0.1, -0.05) is 19.9 Å². The van der Waals surface area contributed by atoms with E-state index in [1.807, 2.05) is 24.4 Å². The number of aromatic nitrogens is 1. The fraction of sp³-hybridized carbons (Fsp3) is 0.583. The molecule has 1 aromatic rings. The van der Waals surface area contributed by atoms with Gasteiger partial charge in [0.1, 0.15) is 5.82 Å². The number of hydrogen-bond donors (Lipinski definition) is 1. The van der Waals surface area contributed by atoms with Gasteiger partial charge >= 0.3 is 0 Å². The molecule has 0 aliphatic rings. The molecule has 15 heavy (non-hydrogen) atoms. The van der Waals surface area contributed by atoms with Gasteiger partial charge in [-0.05, 0) is 32.1 Å². The van der Waals surface area contributed by atoms with Gasteiger partial charge < -0.3 is 10.2 Å². The first-order valence-electron chi connectivity index (χ1n) is 5.42. The zero-order chi connectivity index (χ0) is 11.3. The molecule has 0 saturated carbocycles. The van der Waals surface area contributed by atoms with Crippen LogP contribution in [-0.4, -0.2) is 36.6 Å². The highest BCUT2D eigenvalue weighted by molar-refractivity contribution is 5.34. The quantitative estimate of drug-likeness (QED) is 0.801. The highest BCUT2D eigenvalue weighted by Gasteiger charge is 2.14. The first kappa shape index (κ1) is 12.0. The second kappa shape index (κ2) is 5.71. The first-order chi connectivity index (χ1) is 7.09. The Labute approximate surface area is 92.5 Å². The minimum absolute atomic E-state index is 0.440. The average Bonchev–Trinajstić information content (AvgIpc) is 2.17. The third-order valence-corrected chi connectivity index (χ3v) is 2.36. The number of rotatable bonds is 5. The van der Waals surface area contributed by atoms with Crippen molar-refractivity contribution in [3.63, 3.8) is 0 Å². The van der Waals surface area contributed by atoms with Crippen LogP contribution < -0.4 is 5.32 Å². The molecule has 1 unspecified atom stereocenters. The van der Waals surface area contributed by atoms with Gasteiger partial charge in [-0.25, -0.2) is 4.98 Å². The molecule has 0 saturated heterocycles. The van der Waals surface area contributed by atoms with Crippen LogP contribution in [0.2, 0.25) is 0 Å². The molecule has 1 rings (SSSR count). The SMILES string of the molecule is CC(C)C(CN(C)C)Nc1ccccn1. The van der Waals surface area contributed by atoms with Gasteiger partial charge in [-0.2, -0.15) is 0 Å². The summed E-state index contributed by atoms with van der Waals surface area (Å²) in [6, 6.07) is 6.38. The molecule has 0 fully saturated rings. The Balaban J connectivity index is 2.59. The molecule has 1 atom stereocenters. The molecule has 3 nitrogen and oxygen atoms in total. The van der Waals surface area contributed by atoms with Gasteiger partial charge in [-0.3, -0.25) is 0 Å². The summed E-state index contributed by atoms with van der Waals surface area (Å²) in [5.74, 6) is 1.55. The van der Waals surface area contributed by atoms with Gasteiger partial charge in [0.05, 0.1) is 0 Å². The molecule has 0 amide bonds. The molecule has 1 N–H and O–H groups in total. The Bertz CT molecular complexity index is 269. The molecule has 0 spiro atoms. The summed E-state index contributed by atoms with van der Waals surface area (Å²) >= 11 is 0. The van der Waals surface area contributed by atoms with Crippen LogP contribution in [0.15, 0.2) is 24.4 Å². The standard InChI is InChI=1S/C12H21N3/c1-10(2)11(9-15(3)4)14-12-7-5-6-8-13-12/h5-8,10-11H,9H2,1-4H3,(H,13,14). The van der Waals surface area contributed by atoms with E-state index >= 15 is 0 Å². The molecule has 3 heteroatoms. The zero-order valence-corrected chi connectivity index (χ0v) is 10.1. The Hall–Kier alpha value is -1.09. The Morgan fingerprint density at radius 2 is 2.07 bits per heavy atom. The minimum Gasteiger partial charge on any atom is -0.366 e. The number of nitrogens with zero attached hydrogens (tertiary/aromatic N) is 2. The Kier molecular flexibility index (Phi) is 4.56. The van der Waals surface area contributed by atoms with Crippen molar-refractivity contribution in [2.24, 2.45) is 5.92 Å². The van der Waals surface area contributed by atoms with E-state index in [2.05, 4.69) is 43.1 Å². The third kappa shape index (κ3) is 4.30. The predicted octanol–water partition coefficient (Wildman–Crippen LogP) is 2.08. The molecule has 0 aliphatic carbocycles.